The number of piperazine rings is 1. The molecule has 1 aliphatic heterocycles. The first kappa shape index (κ1) is 15.1. The number of hydrogen-bond acceptors (Lipinski definition) is 5. The van der Waals surface area contributed by atoms with E-state index >= 15 is 0 Å². The van der Waals surface area contributed by atoms with E-state index in [9.17, 15) is 19.8 Å². The topological polar surface area (TPSA) is 110 Å². The van der Waals surface area contributed by atoms with Crippen LogP contribution in [0.1, 0.15) is 24.9 Å². The first-order valence-corrected chi connectivity index (χ1v) is 6.67. The molecule has 21 heavy (non-hydrogen) atoms. The highest BCUT2D eigenvalue weighted by atomic mass is 16.4. The number of carboxylic acids is 1. The fourth-order valence-corrected chi connectivity index (χ4v) is 2.63. The standard InChI is InChI=1S/C14H18N2O5/c1-8(10-6-9(17)2-3-12(10)18)16-5-4-15-14(21)11(16)7-13(19)20/h2-3,6,8,11,17-18H,4-5,7H2,1H3,(H,15,21)(H,19,20). The van der Waals surface area contributed by atoms with Gasteiger partial charge in [0.25, 0.3) is 0 Å². The third-order valence-corrected chi connectivity index (χ3v) is 3.70. The van der Waals surface area contributed by atoms with Gasteiger partial charge in [-0.15, -0.1) is 0 Å². The van der Waals surface area contributed by atoms with E-state index in [1.165, 1.54) is 18.2 Å². The van der Waals surface area contributed by atoms with Crippen LogP contribution in [0.5, 0.6) is 11.5 Å². The zero-order valence-corrected chi connectivity index (χ0v) is 11.6. The van der Waals surface area contributed by atoms with Crippen LogP contribution in [0.3, 0.4) is 0 Å². The molecular weight excluding hydrogens is 276 g/mol. The Bertz CT molecular complexity index is 560. The number of benzene rings is 1. The number of nitrogens with zero attached hydrogens (tertiary/aromatic N) is 1. The molecule has 0 aromatic heterocycles. The van der Waals surface area contributed by atoms with Gasteiger partial charge < -0.3 is 20.6 Å². The van der Waals surface area contributed by atoms with Crippen molar-refractivity contribution in [2.75, 3.05) is 13.1 Å². The number of phenolic OH excluding ortho intramolecular Hbond substituents is 2. The maximum absolute atomic E-state index is 11.9. The summed E-state index contributed by atoms with van der Waals surface area (Å²) in [6.07, 6.45) is -0.310. The van der Waals surface area contributed by atoms with Crippen molar-refractivity contribution >= 4 is 11.9 Å². The smallest absolute Gasteiger partial charge is 0.305 e. The molecule has 7 nitrogen and oxygen atoms in total. The Kier molecular flexibility index (Phi) is 4.32. The van der Waals surface area contributed by atoms with Crippen molar-refractivity contribution in [1.82, 2.24) is 10.2 Å². The van der Waals surface area contributed by atoms with Gasteiger partial charge in [0.2, 0.25) is 5.91 Å². The Hall–Kier alpha value is -2.28. The van der Waals surface area contributed by atoms with Gasteiger partial charge in [0, 0.05) is 24.7 Å². The van der Waals surface area contributed by atoms with Gasteiger partial charge in [0.05, 0.1) is 6.42 Å². The number of aliphatic carboxylic acids is 1. The SMILES string of the molecule is CC(c1cc(O)ccc1O)N1CCNC(=O)C1CC(=O)O. The third kappa shape index (κ3) is 3.25. The second kappa shape index (κ2) is 6.01. The van der Waals surface area contributed by atoms with Gasteiger partial charge >= 0.3 is 5.97 Å². The van der Waals surface area contributed by atoms with Crippen LogP contribution in [0.4, 0.5) is 0 Å². The molecule has 1 saturated heterocycles. The lowest BCUT2D eigenvalue weighted by molar-refractivity contribution is -0.143. The van der Waals surface area contributed by atoms with Crippen LogP contribution in [0.15, 0.2) is 18.2 Å². The maximum Gasteiger partial charge on any atom is 0.305 e. The van der Waals surface area contributed by atoms with E-state index in [2.05, 4.69) is 5.32 Å². The minimum atomic E-state index is -1.06. The highest BCUT2D eigenvalue weighted by molar-refractivity contribution is 5.86. The second-order valence-corrected chi connectivity index (χ2v) is 5.06. The lowest BCUT2D eigenvalue weighted by Crippen LogP contribution is -2.56. The van der Waals surface area contributed by atoms with E-state index < -0.39 is 18.1 Å². The molecule has 0 spiro atoms. The molecule has 1 aliphatic rings. The van der Waals surface area contributed by atoms with Crippen molar-refractivity contribution < 1.29 is 24.9 Å². The summed E-state index contributed by atoms with van der Waals surface area (Å²) in [5.41, 5.74) is 0.458. The highest BCUT2D eigenvalue weighted by Gasteiger charge is 2.35. The van der Waals surface area contributed by atoms with Crippen LogP contribution in [0.2, 0.25) is 0 Å². The molecule has 0 radical (unpaired) electrons. The number of hydrogen-bond donors (Lipinski definition) is 4. The molecule has 0 saturated carbocycles. The largest absolute Gasteiger partial charge is 0.508 e. The predicted octanol–water partition coefficient (Wildman–Crippen LogP) is 0.434. The number of phenols is 2. The monoisotopic (exact) mass is 294 g/mol. The lowest BCUT2D eigenvalue weighted by atomic mass is 10.00. The summed E-state index contributed by atoms with van der Waals surface area (Å²) in [4.78, 5) is 24.6. The Morgan fingerprint density at radius 3 is 2.86 bits per heavy atom. The van der Waals surface area contributed by atoms with Crippen LogP contribution in [0, 0.1) is 0 Å². The number of aromatic hydroxyl groups is 2. The summed E-state index contributed by atoms with van der Waals surface area (Å²) in [7, 11) is 0. The Morgan fingerprint density at radius 1 is 1.48 bits per heavy atom. The average molecular weight is 294 g/mol. The molecule has 2 unspecified atom stereocenters. The van der Waals surface area contributed by atoms with Crippen LogP contribution >= 0.6 is 0 Å². The molecule has 1 amide bonds. The molecule has 114 valence electrons. The van der Waals surface area contributed by atoms with Crippen molar-refractivity contribution in [1.29, 1.82) is 0 Å². The van der Waals surface area contributed by atoms with E-state index in [4.69, 9.17) is 5.11 Å². The number of carbonyl (C=O) groups is 2. The molecule has 1 aromatic rings. The Balaban J connectivity index is 2.30. The molecule has 1 fully saturated rings. The van der Waals surface area contributed by atoms with E-state index in [1.54, 1.807) is 11.8 Å². The van der Waals surface area contributed by atoms with Crippen molar-refractivity contribution in [2.45, 2.75) is 25.4 Å². The summed E-state index contributed by atoms with van der Waals surface area (Å²) in [6.45, 7) is 2.65. The van der Waals surface area contributed by atoms with E-state index in [0.717, 1.165) is 0 Å². The van der Waals surface area contributed by atoms with Crippen LogP contribution in [0.25, 0.3) is 0 Å². The van der Waals surface area contributed by atoms with Gasteiger partial charge in [-0.25, -0.2) is 0 Å². The molecule has 2 atom stereocenters. The Morgan fingerprint density at radius 2 is 2.19 bits per heavy atom. The van der Waals surface area contributed by atoms with Crippen molar-refractivity contribution in [3.8, 4) is 11.5 Å². The highest BCUT2D eigenvalue weighted by Crippen LogP contribution is 2.33. The molecular formula is C14H18N2O5. The molecule has 2 rings (SSSR count). The van der Waals surface area contributed by atoms with Gasteiger partial charge in [0.1, 0.15) is 17.5 Å². The van der Waals surface area contributed by atoms with Crippen molar-refractivity contribution in [3.05, 3.63) is 23.8 Å². The second-order valence-electron chi connectivity index (χ2n) is 5.06. The zero-order valence-electron chi connectivity index (χ0n) is 11.6. The van der Waals surface area contributed by atoms with Crippen LogP contribution in [-0.2, 0) is 9.59 Å². The molecule has 0 aliphatic carbocycles. The summed E-state index contributed by atoms with van der Waals surface area (Å²) in [5, 5.41) is 31.1. The number of carboxylic acid groups (broad SMARTS) is 1. The molecule has 4 N–H and O–H groups in total. The Labute approximate surface area is 121 Å². The third-order valence-electron chi connectivity index (χ3n) is 3.70. The quantitative estimate of drug-likeness (QED) is 0.600. The number of rotatable bonds is 4. The predicted molar refractivity (Wildman–Crippen MR) is 73.9 cm³/mol. The summed E-state index contributed by atoms with van der Waals surface area (Å²) < 4.78 is 0. The summed E-state index contributed by atoms with van der Waals surface area (Å²) in [5.74, 6) is -1.39. The molecule has 1 aromatic carbocycles. The number of carbonyl (C=O) groups excluding carboxylic acids is 1. The van der Waals surface area contributed by atoms with E-state index in [-0.39, 0.29) is 23.8 Å². The fourth-order valence-electron chi connectivity index (χ4n) is 2.63. The van der Waals surface area contributed by atoms with Gasteiger partial charge in [-0.05, 0) is 25.1 Å². The van der Waals surface area contributed by atoms with Gasteiger partial charge in [-0.1, -0.05) is 0 Å². The van der Waals surface area contributed by atoms with E-state index in [1.807, 2.05) is 0 Å². The fraction of sp³-hybridized carbons (Fsp3) is 0.429. The van der Waals surface area contributed by atoms with Crippen LogP contribution in [-0.4, -0.2) is 51.2 Å². The lowest BCUT2D eigenvalue weighted by Gasteiger charge is -2.38. The van der Waals surface area contributed by atoms with Gasteiger partial charge in [0.15, 0.2) is 0 Å². The zero-order chi connectivity index (χ0) is 15.6. The van der Waals surface area contributed by atoms with Gasteiger partial charge in [-0.3, -0.25) is 14.5 Å². The first-order valence-electron chi connectivity index (χ1n) is 6.67. The number of nitrogens with one attached hydrogen (secondary N) is 1. The molecule has 7 heteroatoms. The minimum absolute atomic E-state index is 0.000330. The first-order chi connectivity index (χ1) is 9.90. The maximum atomic E-state index is 11.9. The summed E-state index contributed by atoms with van der Waals surface area (Å²) >= 11 is 0. The van der Waals surface area contributed by atoms with Crippen molar-refractivity contribution in [2.24, 2.45) is 0 Å². The van der Waals surface area contributed by atoms with Crippen molar-refractivity contribution in [3.63, 3.8) is 0 Å². The summed E-state index contributed by atoms with van der Waals surface area (Å²) in [6, 6.07) is 2.96. The molecule has 1 heterocycles. The number of amides is 1. The molecule has 0 bridgehead atoms. The minimum Gasteiger partial charge on any atom is -0.508 e. The average Bonchev–Trinajstić information content (AvgIpc) is 2.42. The normalized spacial score (nSPS) is 20.8. The van der Waals surface area contributed by atoms with Crippen LogP contribution < -0.4 is 5.32 Å². The van der Waals surface area contributed by atoms with Gasteiger partial charge in [-0.2, -0.15) is 0 Å². The van der Waals surface area contributed by atoms with E-state index in [0.29, 0.717) is 18.7 Å².